The molecule has 2 aromatic rings. The molecule has 0 unspecified atom stereocenters. The smallest absolute Gasteiger partial charge is 0.0985 e. The summed E-state index contributed by atoms with van der Waals surface area (Å²) in [4.78, 5) is 8.16. The molecule has 0 saturated carbocycles. The van der Waals surface area contributed by atoms with E-state index in [9.17, 15) is 0 Å². The van der Waals surface area contributed by atoms with E-state index in [2.05, 4.69) is 25.9 Å². The maximum Gasteiger partial charge on any atom is 0.0985 e. The van der Waals surface area contributed by atoms with Crippen LogP contribution in [-0.2, 0) is 0 Å². The fraction of sp³-hybridized carbons (Fsp3) is 0. The Labute approximate surface area is 70.1 Å². The van der Waals surface area contributed by atoms with Crippen molar-refractivity contribution in [2.24, 2.45) is 0 Å². The van der Waals surface area contributed by atoms with Gasteiger partial charge in [0, 0.05) is 12.4 Å². The second-order valence-corrected chi connectivity index (χ2v) is 3.56. The highest BCUT2D eigenvalue weighted by Crippen LogP contribution is 2.23. The zero-order valence-electron chi connectivity index (χ0n) is 4.91. The van der Waals surface area contributed by atoms with Crippen LogP contribution in [0.4, 0.5) is 0 Å². The second-order valence-electron chi connectivity index (χ2n) is 1.82. The summed E-state index contributed by atoms with van der Waals surface area (Å²) in [6, 6.07) is 0. The van der Waals surface area contributed by atoms with Crippen molar-refractivity contribution in [3.8, 4) is 0 Å². The third kappa shape index (κ3) is 0.839. The maximum atomic E-state index is 4.15. The SMILES string of the molecule is Brc1cncc2scnc12. The minimum atomic E-state index is 0.964. The zero-order chi connectivity index (χ0) is 6.97. The van der Waals surface area contributed by atoms with Gasteiger partial charge in [-0.1, -0.05) is 0 Å². The van der Waals surface area contributed by atoms with Gasteiger partial charge in [0.25, 0.3) is 0 Å². The monoisotopic (exact) mass is 214 g/mol. The molecule has 10 heavy (non-hydrogen) atoms. The van der Waals surface area contributed by atoms with E-state index in [4.69, 9.17) is 0 Å². The van der Waals surface area contributed by atoms with E-state index in [1.165, 1.54) is 0 Å². The molecule has 0 radical (unpaired) electrons. The van der Waals surface area contributed by atoms with Gasteiger partial charge < -0.3 is 0 Å². The van der Waals surface area contributed by atoms with Crippen molar-refractivity contribution in [2.45, 2.75) is 0 Å². The molecule has 50 valence electrons. The molecular weight excluding hydrogens is 212 g/mol. The molecule has 4 heteroatoms. The summed E-state index contributed by atoms with van der Waals surface area (Å²) >= 11 is 4.96. The van der Waals surface area contributed by atoms with Gasteiger partial charge >= 0.3 is 0 Å². The molecule has 0 aliphatic heterocycles. The molecule has 0 spiro atoms. The minimum Gasteiger partial charge on any atom is -0.262 e. The fourth-order valence-electron chi connectivity index (χ4n) is 0.758. The first-order chi connectivity index (χ1) is 4.88. The van der Waals surface area contributed by atoms with E-state index in [1.807, 2.05) is 11.7 Å². The molecule has 0 fully saturated rings. The number of nitrogens with zero attached hydrogens (tertiary/aromatic N) is 2. The van der Waals surface area contributed by atoms with Crippen LogP contribution in [0, 0.1) is 0 Å². The summed E-state index contributed by atoms with van der Waals surface area (Å²) in [6.07, 6.45) is 3.57. The van der Waals surface area contributed by atoms with Gasteiger partial charge in [-0.25, -0.2) is 4.98 Å². The molecule has 2 rings (SSSR count). The van der Waals surface area contributed by atoms with Crippen LogP contribution in [0.3, 0.4) is 0 Å². The summed E-state index contributed by atoms with van der Waals surface area (Å²) in [7, 11) is 0. The second kappa shape index (κ2) is 2.29. The first-order valence-electron chi connectivity index (χ1n) is 2.70. The van der Waals surface area contributed by atoms with Crippen molar-refractivity contribution in [3.05, 3.63) is 22.4 Å². The quantitative estimate of drug-likeness (QED) is 0.674. The molecule has 0 atom stereocenters. The van der Waals surface area contributed by atoms with Crippen molar-refractivity contribution in [1.82, 2.24) is 9.97 Å². The highest BCUT2D eigenvalue weighted by atomic mass is 79.9. The Kier molecular flexibility index (Phi) is 1.43. The van der Waals surface area contributed by atoms with Crippen LogP contribution in [0.1, 0.15) is 0 Å². The Morgan fingerprint density at radius 3 is 3.10 bits per heavy atom. The lowest BCUT2D eigenvalue weighted by Gasteiger charge is -1.87. The molecule has 0 saturated heterocycles. The molecule has 0 aliphatic carbocycles. The van der Waals surface area contributed by atoms with Crippen LogP contribution in [0.5, 0.6) is 0 Å². The number of pyridine rings is 1. The topological polar surface area (TPSA) is 25.8 Å². The molecule has 0 amide bonds. The van der Waals surface area contributed by atoms with Gasteiger partial charge in [-0.2, -0.15) is 0 Å². The number of rotatable bonds is 0. The van der Waals surface area contributed by atoms with Crippen LogP contribution >= 0.6 is 27.3 Å². The summed E-state index contributed by atoms with van der Waals surface area (Å²) in [5.41, 5.74) is 2.82. The first-order valence-corrected chi connectivity index (χ1v) is 4.38. The van der Waals surface area contributed by atoms with Crippen LogP contribution in [0.25, 0.3) is 10.2 Å². The van der Waals surface area contributed by atoms with Crippen molar-refractivity contribution >= 4 is 37.5 Å². The molecule has 0 bridgehead atoms. The Hall–Kier alpha value is -0.480. The van der Waals surface area contributed by atoms with Crippen molar-refractivity contribution in [3.63, 3.8) is 0 Å². The third-order valence-corrected chi connectivity index (χ3v) is 2.54. The van der Waals surface area contributed by atoms with Gasteiger partial charge in [-0.3, -0.25) is 4.98 Å². The maximum absolute atomic E-state index is 4.15. The molecule has 0 aliphatic rings. The third-order valence-electron chi connectivity index (χ3n) is 1.20. The largest absolute Gasteiger partial charge is 0.262 e. The standard InChI is InChI=1S/C6H3BrN2S/c7-4-1-8-2-5-6(4)9-3-10-5/h1-3H. The molecule has 0 N–H and O–H groups in total. The predicted octanol–water partition coefficient (Wildman–Crippen LogP) is 2.45. The number of halogens is 1. The van der Waals surface area contributed by atoms with Crippen molar-refractivity contribution < 1.29 is 0 Å². The number of hydrogen-bond acceptors (Lipinski definition) is 3. The number of thiazole rings is 1. The van der Waals surface area contributed by atoms with Gasteiger partial charge in [0.15, 0.2) is 0 Å². The Bertz CT molecular complexity index is 357. The van der Waals surface area contributed by atoms with Gasteiger partial charge in [0.2, 0.25) is 0 Å². The Morgan fingerprint density at radius 2 is 2.30 bits per heavy atom. The van der Waals surface area contributed by atoms with E-state index in [1.54, 1.807) is 17.5 Å². The van der Waals surface area contributed by atoms with Crippen LogP contribution in [0.2, 0.25) is 0 Å². The van der Waals surface area contributed by atoms with Crippen molar-refractivity contribution in [1.29, 1.82) is 0 Å². The van der Waals surface area contributed by atoms with E-state index in [0.29, 0.717) is 0 Å². The number of aromatic nitrogens is 2. The number of hydrogen-bond donors (Lipinski definition) is 0. The number of fused-ring (bicyclic) bond motifs is 1. The Balaban J connectivity index is 2.95. The summed E-state index contributed by atoms with van der Waals surface area (Å²) in [5.74, 6) is 0. The average Bonchev–Trinajstić information content (AvgIpc) is 2.36. The van der Waals surface area contributed by atoms with Crippen LogP contribution in [0.15, 0.2) is 22.4 Å². The first kappa shape index (κ1) is 6.24. The zero-order valence-corrected chi connectivity index (χ0v) is 7.32. The average molecular weight is 215 g/mol. The summed E-state index contributed by atoms with van der Waals surface area (Å²) in [5, 5.41) is 0. The van der Waals surface area contributed by atoms with E-state index in [0.717, 1.165) is 14.7 Å². The van der Waals surface area contributed by atoms with E-state index >= 15 is 0 Å². The Morgan fingerprint density at radius 1 is 1.40 bits per heavy atom. The van der Waals surface area contributed by atoms with Crippen molar-refractivity contribution in [2.75, 3.05) is 0 Å². The summed E-state index contributed by atoms with van der Waals surface area (Å²) < 4.78 is 2.08. The van der Waals surface area contributed by atoms with Gasteiger partial charge in [0.1, 0.15) is 0 Å². The predicted molar refractivity (Wildman–Crippen MR) is 45.1 cm³/mol. The lowest BCUT2D eigenvalue weighted by molar-refractivity contribution is 1.34. The van der Waals surface area contributed by atoms with Gasteiger partial charge in [0.05, 0.1) is 20.2 Å². The van der Waals surface area contributed by atoms with E-state index in [-0.39, 0.29) is 0 Å². The minimum absolute atomic E-state index is 0.964. The highest BCUT2D eigenvalue weighted by molar-refractivity contribution is 9.10. The molecule has 2 nitrogen and oxygen atoms in total. The molecule has 2 heterocycles. The highest BCUT2D eigenvalue weighted by Gasteiger charge is 1.98. The molecule has 0 aromatic carbocycles. The molecular formula is C6H3BrN2S. The lowest BCUT2D eigenvalue weighted by atomic mass is 10.4. The van der Waals surface area contributed by atoms with Gasteiger partial charge in [-0.15, -0.1) is 11.3 Å². The normalized spacial score (nSPS) is 10.5. The molecule has 2 aromatic heterocycles. The lowest BCUT2D eigenvalue weighted by Crippen LogP contribution is -1.72. The van der Waals surface area contributed by atoms with Gasteiger partial charge in [-0.05, 0) is 15.9 Å². The van der Waals surface area contributed by atoms with Crippen LogP contribution < -0.4 is 0 Å². The van der Waals surface area contributed by atoms with Crippen LogP contribution in [-0.4, -0.2) is 9.97 Å². The fourth-order valence-corrected chi connectivity index (χ4v) is 1.99. The summed E-state index contributed by atoms with van der Waals surface area (Å²) in [6.45, 7) is 0. The van der Waals surface area contributed by atoms with E-state index < -0.39 is 0 Å².